The Morgan fingerprint density at radius 2 is 2.12 bits per heavy atom. The first kappa shape index (κ1) is 17.8. The van der Waals surface area contributed by atoms with E-state index < -0.39 is 0 Å². The molecular formula is C17H18BrN3O3. The fraction of sp³-hybridized carbons (Fsp3) is 0.176. The van der Waals surface area contributed by atoms with Crippen LogP contribution in [0.2, 0.25) is 0 Å². The molecule has 0 aliphatic carbocycles. The highest BCUT2D eigenvalue weighted by atomic mass is 79.9. The van der Waals surface area contributed by atoms with Gasteiger partial charge in [0.05, 0.1) is 19.9 Å². The molecule has 0 spiro atoms. The third-order valence-corrected chi connectivity index (χ3v) is 3.72. The minimum absolute atomic E-state index is 0.0447. The molecule has 0 aliphatic heterocycles. The number of hydrazone groups is 1. The smallest absolute Gasteiger partial charge is 0.259 e. The summed E-state index contributed by atoms with van der Waals surface area (Å²) in [7, 11) is 1.46. The second kappa shape index (κ2) is 8.35. The summed E-state index contributed by atoms with van der Waals surface area (Å²) >= 11 is 3.32. The molecule has 24 heavy (non-hydrogen) atoms. The van der Waals surface area contributed by atoms with Gasteiger partial charge in [-0.25, -0.2) is 5.43 Å². The number of aromatic hydroxyl groups is 1. The van der Waals surface area contributed by atoms with Crippen LogP contribution in [-0.2, 0) is 4.79 Å². The number of hydrogen-bond donors (Lipinski definition) is 3. The largest absolute Gasteiger partial charge is 0.504 e. The number of phenols is 1. The highest BCUT2D eigenvalue weighted by Crippen LogP contribution is 2.32. The fourth-order valence-corrected chi connectivity index (χ4v) is 2.46. The number of hydrogen-bond acceptors (Lipinski definition) is 5. The van der Waals surface area contributed by atoms with Crippen molar-refractivity contribution in [2.75, 3.05) is 19.0 Å². The van der Waals surface area contributed by atoms with E-state index >= 15 is 0 Å². The Labute approximate surface area is 148 Å². The number of nitrogens with zero attached hydrogens (tertiary/aromatic N) is 1. The third kappa shape index (κ3) is 4.73. The molecule has 2 aromatic rings. The zero-order valence-electron chi connectivity index (χ0n) is 13.3. The second-order valence-electron chi connectivity index (χ2n) is 5.01. The third-order valence-electron chi connectivity index (χ3n) is 3.27. The first-order valence-corrected chi connectivity index (χ1v) is 7.98. The number of amides is 1. The van der Waals surface area contributed by atoms with Gasteiger partial charge in [0.1, 0.15) is 0 Å². The number of halogens is 1. The van der Waals surface area contributed by atoms with Crippen molar-refractivity contribution >= 4 is 33.7 Å². The number of benzene rings is 2. The van der Waals surface area contributed by atoms with Crippen LogP contribution in [0.5, 0.6) is 11.5 Å². The summed E-state index contributed by atoms with van der Waals surface area (Å²) in [5, 5.41) is 16.9. The summed E-state index contributed by atoms with van der Waals surface area (Å²) in [6, 6.07) is 11.0. The maximum Gasteiger partial charge on any atom is 0.259 e. The molecule has 126 valence electrons. The molecule has 0 saturated carbocycles. The number of methoxy groups -OCH3 is 1. The molecular weight excluding hydrogens is 374 g/mol. The lowest BCUT2D eigenvalue weighted by Crippen LogP contribution is -2.26. The standard InChI is InChI=1S/C17H18BrN3O3/c1-11-5-3-4-6-14(11)19-10-16(22)21-20-9-12-7-13(18)8-15(24-2)17(12)23/h3-9,19,23H,10H2,1-2H3,(H,21,22)/b20-9-. The predicted molar refractivity (Wildman–Crippen MR) is 97.8 cm³/mol. The predicted octanol–water partition coefficient (Wildman–Crippen LogP) is 3.03. The Bertz CT molecular complexity index is 763. The summed E-state index contributed by atoms with van der Waals surface area (Å²) in [5.74, 6) is -0.0222. The van der Waals surface area contributed by atoms with E-state index in [1.807, 2.05) is 31.2 Å². The summed E-state index contributed by atoms with van der Waals surface area (Å²) < 4.78 is 5.78. The van der Waals surface area contributed by atoms with Crippen LogP contribution in [-0.4, -0.2) is 30.9 Å². The van der Waals surface area contributed by atoms with Gasteiger partial charge in [-0.3, -0.25) is 4.79 Å². The van der Waals surface area contributed by atoms with Crippen LogP contribution in [0.1, 0.15) is 11.1 Å². The van der Waals surface area contributed by atoms with Gasteiger partial charge in [0.15, 0.2) is 11.5 Å². The second-order valence-corrected chi connectivity index (χ2v) is 5.92. The number of carbonyl (C=O) groups is 1. The number of para-hydroxylation sites is 1. The van der Waals surface area contributed by atoms with Crippen molar-refractivity contribution in [1.82, 2.24) is 5.43 Å². The van der Waals surface area contributed by atoms with Crippen molar-refractivity contribution in [3.8, 4) is 11.5 Å². The van der Waals surface area contributed by atoms with Crippen molar-refractivity contribution in [3.63, 3.8) is 0 Å². The summed E-state index contributed by atoms with van der Waals surface area (Å²) in [6.07, 6.45) is 1.36. The first-order chi connectivity index (χ1) is 11.5. The summed E-state index contributed by atoms with van der Waals surface area (Å²) in [6.45, 7) is 2.05. The Morgan fingerprint density at radius 1 is 1.38 bits per heavy atom. The maximum absolute atomic E-state index is 11.8. The van der Waals surface area contributed by atoms with Crippen molar-refractivity contribution in [1.29, 1.82) is 0 Å². The van der Waals surface area contributed by atoms with E-state index in [1.165, 1.54) is 13.3 Å². The molecule has 0 aromatic heterocycles. The van der Waals surface area contributed by atoms with Crippen molar-refractivity contribution in [2.24, 2.45) is 5.10 Å². The van der Waals surface area contributed by atoms with E-state index in [-0.39, 0.29) is 18.2 Å². The number of phenolic OH excluding ortho intramolecular Hbond substituents is 1. The van der Waals surface area contributed by atoms with Gasteiger partial charge >= 0.3 is 0 Å². The van der Waals surface area contributed by atoms with E-state index in [2.05, 4.69) is 31.8 Å². The van der Waals surface area contributed by atoms with Crippen LogP contribution in [0, 0.1) is 6.92 Å². The first-order valence-electron chi connectivity index (χ1n) is 7.19. The number of ether oxygens (including phenoxy) is 1. The lowest BCUT2D eigenvalue weighted by molar-refractivity contribution is -0.119. The molecule has 3 N–H and O–H groups in total. The summed E-state index contributed by atoms with van der Waals surface area (Å²) in [5.41, 5.74) is 4.78. The van der Waals surface area contributed by atoms with E-state index in [1.54, 1.807) is 12.1 Å². The van der Waals surface area contributed by atoms with E-state index in [0.29, 0.717) is 11.3 Å². The van der Waals surface area contributed by atoms with Gasteiger partial charge < -0.3 is 15.2 Å². The topological polar surface area (TPSA) is 83.0 Å². The molecule has 0 saturated heterocycles. The molecule has 7 heteroatoms. The molecule has 0 atom stereocenters. The average Bonchev–Trinajstić information content (AvgIpc) is 2.56. The normalized spacial score (nSPS) is 10.6. The minimum Gasteiger partial charge on any atom is -0.504 e. The Morgan fingerprint density at radius 3 is 2.83 bits per heavy atom. The Kier molecular flexibility index (Phi) is 6.20. The van der Waals surface area contributed by atoms with Gasteiger partial charge in [-0.2, -0.15) is 5.10 Å². The lowest BCUT2D eigenvalue weighted by Gasteiger charge is -2.08. The monoisotopic (exact) mass is 391 g/mol. The number of aryl methyl sites for hydroxylation is 1. The van der Waals surface area contributed by atoms with Crippen LogP contribution in [0.15, 0.2) is 46.0 Å². The Hall–Kier alpha value is -2.54. The molecule has 0 radical (unpaired) electrons. The molecule has 0 fully saturated rings. The van der Waals surface area contributed by atoms with Crippen LogP contribution < -0.4 is 15.5 Å². The molecule has 6 nitrogen and oxygen atoms in total. The van der Waals surface area contributed by atoms with Crippen LogP contribution in [0.4, 0.5) is 5.69 Å². The fourth-order valence-electron chi connectivity index (χ4n) is 2.01. The van der Waals surface area contributed by atoms with Crippen LogP contribution in [0.25, 0.3) is 0 Å². The zero-order valence-corrected chi connectivity index (χ0v) is 14.9. The highest BCUT2D eigenvalue weighted by Gasteiger charge is 2.08. The van der Waals surface area contributed by atoms with Gasteiger partial charge in [-0.15, -0.1) is 0 Å². The molecule has 2 aromatic carbocycles. The van der Waals surface area contributed by atoms with E-state index in [0.717, 1.165) is 15.7 Å². The van der Waals surface area contributed by atoms with Gasteiger partial charge in [0.25, 0.3) is 5.91 Å². The highest BCUT2D eigenvalue weighted by molar-refractivity contribution is 9.10. The van der Waals surface area contributed by atoms with Gasteiger partial charge in [0.2, 0.25) is 0 Å². The quantitative estimate of drug-likeness (QED) is 0.521. The molecule has 2 rings (SSSR count). The lowest BCUT2D eigenvalue weighted by atomic mass is 10.2. The average molecular weight is 392 g/mol. The van der Waals surface area contributed by atoms with Crippen LogP contribution in [0.3, 0.4) is 0 Å². The number of rotatable bonds is 6. The minimum atomic E-state index is -0.295. The van der Waals surface area contributed by atoms with Crippen LogP contribution >= 0.6 is 15.9 Å². The number of nitrogens with one attached hydrogen (secondary N) is 2. The summed E-state index contributed by atoms with van der Waals surface area (Å²) in [4.78, 5) is 11.8. The Balaban J connectivity index is 1.93. The SMILES string of the molecule is COc1cc(Br)cc(/C=N\NC(=O)CNc2ccccc2C)c1O. The van der Waals surface area contributed by atoms with Crippen molar-refractivity contribution in [3.05, 3.63) is 52.0 Å². The molecule has 1 amide bonds. The van der Waals surface area contributed by atoms with Gasteiger partial charge in [-0.05, 0) is 30.7 Å². The molecule has 0 bridgehead atoms. The van der Waals surface area contributed by atoms with Gasteiger partial charge in [0, 0.05) is 15.7 Å². The van der Waals surface area contributed by atoms with Crippen molar-refractivity contribution < 1.29 is 14.6 Å². The number of anilines is 1. The van der Waals surface area contributed by atoms with Crippen molar-refractivity contribution in [2.45, 2.75) is 6.92 Å². The van der Waals surface area contributed by atoms with E-state index in [9.17, 15) is 9.90 Å². The van der Waals surface area contributed by atoms with E-state index in [4.69, 9.17) is 4.74 Å². The van der Waals surface area contributed by atoms with Gasteiger partial charge in [-0.1, -0.05) is 34.1 Å². The molecule has 0 aliphatic rings. The molecule has 0 heterocycles. The molecule has 0 unspecified atom stereocenters. The number of carbonyl (C=O) groups excluding carboxylic acids is 1. The zero-order chi connectivity index (χ0) is 17.5. The maximum atomic E-state index is 11.8.